The minimum absolute atomic E-state index is 0.174. The summed E-state index contributed by atoms with van der Waals surface area (Å²) in [5.74, 6) is 0.887. The zero-order valence-electron chi connectivity index (χ0n) is 11.6. The van der Waals surface area contributed by atoms with E-state index in [1.807, 2.05) is 13.0 Å². The summed E-state index contributed by atoms with van der Waals surface area (Å²) >= 11 is 0. The van der Waals surface area contributed by atoms with Crippen molar-refractivity contribution in [3.63, 3.8) is 0 Å². The van der Waals surface area contributed by atoms with Gasteiger partial charge in [-0.1, -0.05) is 26.7 Å². The number of amides is 1. The number of fused-ring (bicyclic) bond motifs is 1. The molecule has 0 aromatic carbocycles. The van der Waals surface area contributed by atoms with Crippen molar-refractivity contribution in [2.75, 3.05) is 6.54 Å². The molecule has 1 amide bonds. The molecular formula is C13H19N5O. The lowest BCUT2D eigenvalue weighted by Crippen LogP contribution is -2.29. The molecule has 102 valence electrons. The molecule has 0 spiro atoms. The van der Waals surface area contributed by atoms with Gasteiger partial charge in [0.05, 0.1) is 0 Å². The first-order valence-electron chi connectivity index (χ1n) is 6.62. The van der Waals surface area contributed by atoms with Crippen LogP contribution < -0.4 is 5.32 Å². The molecule has 2 rings (SSSR count). The van der Waals surface area contributed by atoms with Crippen LogP contribution in [0.25, 0.3) is 5.78 Å². The SMILES string of the molecule is CCC(CC)CNC(=O)c1nc2nccc(C)n2n1. The predicted octanol–water partition coefficient (Wildman–Crippen LogP) is 1.60. The lowest BCUT2D eigenvalue weighted by Gasteiger charge is -2.11. The summed E-state index contributed by atoms with van der Waals surface area (Å²) in [5, 5.41) is 7.05. The Labute approximate surface area is 112 Å². The molecule has 0 aliphatic carbocycles. The smallest absolute Gasteiger partial charge is 0.291 e. The van der Waals surface area contributed by atoms with Crippen molar-refractivity contribution < 1.29 is 4.79 Å². The summed E-state index contributed by atoms with van der Waals surface area (Å²) in [6.45, 7) is 6.80. The van der Waals surface area contributed by atoms with Crippen molar-refractivity contribution in [2.24, 2.45) is 5.92 Å². The Morgan fingerprint density at radius 3 is 2.79 bits per heavy atom. The fourth-order valence-corrected chi connectivity index (χ4v) is 1.90. The molecule has 0 saturated carbocycles. The standard InChI is InChI=1S/C13H19N5O/c1-4-10(5-2)8-15-12(19)11-16-13-14-7-6-9(3)18(13)17-11/h6-7,10H,4-5,8H2,1-3H3,(H,15,19). The molecule has 2 aromatic heterocycles. The number of carbonyl (C=O) groups is 1. The molecule has 0 bridgehead atoms. The zero-order valence-corrected chi connectivity index (χ0v) is 11.6. The van der Waals surface area contributed by atoms with Crippen molar-refractivity contribution >= 4 is 11.7 Å². The highest BCUT2D eigenvalue weighted by Crippen LogP contribution is 2.06. The summed E-state index contributed by atoms with van der Waals surface area (Å²) in [6.07, 6.45) is 3.76. The summed E-state index contributed by atoms with van der Waals surface area (Å²) < 4.78 is 1.58. The monoisotopic (exact) mass is 261 g/mol. The Kier molecular flexibility index (Phi) is 4.09. The highest BCUT2D eigenvalue weighted by Gasteiger charge is 2.15. The summed E-state index contributed by atoms with van der Waals surface area (Å²) in [5.41, 5.74) is 0.900. The second-order valence-electron chi connectivity index (χ2n) is 4.63. The Bertz CT molecular complexity index is 573. The van der Waals surface area contributed by atoms with Gasteiger partial charge in [-0.25, -0.2) is 9.50 Å². The van der Waals surface area contributed by atoms with Crippen molar-refractivity contribution in [3.8, 4) is 0 Å². The van der Waals surface area contributed by atoms with Crippen LogP contribution in [0.2, 0.25) is 0 Å². The second kappa shape index (κ2) is 5.77. The van der Waals surface area contributed by atoms with Crippen LogP contribution in [0.3, 0.4) is 0 Å². The number of aromatic nitrogens is 4. The third-order valence-corrected chi connectivity index (χ3v) is 3.34. The maximum Gasteiger partial charge on any atom is 0.291 e. The van der Waals surface area contributed by atoms with Gasteiger partial charge in [0, 0.05) is 18.4 Å². The number of aryl methyl sites for hydroxylation is 1. The van der Waals surface area contributed by atoms with Crippen LogP contribution in [0.1, 0.15) is 43.0 Å². The number of hydrogen-bond acceptors (Lipinski definition) is 4. The van der Waals surface area contributed by atoms with E-state index >= 15 is 0 Å². The molecule has 0 aliphatic rings. The lowest BCUT2D eigenvalue weighted by atomic mass is 10.0. The van der Waals surface area contributed by atoms with E-state index in [1.165, 1.54) is 0 Å². The van der Waals surface area contributed by atoms with Crippen LogP contribution >= 0.6 is 0 Å². The summed E-state index contributed by atoms with van der Waals surface area (Å²) in [6, 6.07) is 1.83. The van der Waals surface area contributed by atoms with Gasteiger partial charge < -0.3 is 5.32 Å². The van der Waals surface area contributed by atoms with Crippen LogP contribution in [0.15, 0.2) is 12.3 Å². The number of nitrogens with one attached hydrogen (secondary N) is 1. The molecule has 0 unspecified atom stereocenters. The van der Waals surface area contributed by atoms with Gasteiger partial charge in [0.1, 0.15) is 0 Å². The van der Waals surface area contributed by atoms with E-state index in [1.54, 1.807) is 10.7 Å². The van der Waals surface area contributed by atoms with E-state index in [4.69, 9.17) is 0 Å². The van der Waals surface area contributed by atoms with Crippen LogP contribution in [-0.4, -0.2) is 32.0 Å². The molecule has 0 atom stereocenters. The first kappa shape index (κ1) is 13.5. The zero-order chi connectivity index (χ0) is 13.8. The van der Waals surface area contributed by atoms with Gasteiger partial charge in [-0.05, 0) is 18.9 Å². The second-order valence-corrected chi connectivity index (χ2v) is 4.63. The Balaban J connectivity index is 2.11. The van der Waals surface area contributed by atoms with E-state index in [0.717, 1.165) is 18.5 Å². The number of rotatable bonds is 5. The summed E-state index contributed by atoms with van der Waals surface area (Å²) in [4.78, 5) is 20.2. The van der Waals surface area contributed by atoms with Crippen LogP contribution in [0, 0.1) is 12.8 Å². The quantitative estimate of drug-likeness (QED) is 0.887. The third-order valence-electron chi connectivity index (χ3n) is 3.34. The van der Waals surface area contributed by atoms with Gasteiger partial charge in [-0.2, -0.15) is 4.98 Å². The van der Waals surface area contributed by atoms with Gasteiger partial charge in [0.2, 0.25) is 5.82 Å². The molecule has 0 saturated heterocycles. The predicted molar refractivity (Wildman–Crippen MR) is 71.9 cm³/mol. The van der Waals surface area contributed by atoms with Crippen molar-refractivity contribution in [3.05, 3.63) is 23.8 Å². The van der Waals surface area contributed by atoms with Gasteiger partial charge in [-0.3, -0.25) is 4.79 Å². The van der Waals surface area contributed by atoms with Gasteiger partial charge in [0.15, 0.2) is 0 Å². The number of nitrogens with zero attached hydrogens (tertiary/aromatic N) is 4. The molecule has 6 heteroatoms. The van der Waals surface area contributed by atoms with E-state index in [9.17, 15) is 4.79 Å². The molecule has 19 heavy (non-hydrogen) atoms. The highest BCUT2D eigenvalue weighted by atomic mass is 16.2. The minimum atomic E-state index is -0.239. The average Bonchev–Trinajstić information content (AvgIpc) is 2.85. The first-order valence-corrected chi connectivity index (χ1v) is 6.62. The largest absolute Gasteiger partial charge is 0.349 e. The Hall–Kier alpha value is -1.98. The van der Waals surface area contributed by atoms with E-state index in [2.05, 4.69) is 34.2 Å². The molecular weight excluding hydrogens is 242 g/mol. The highest BCUT2D eigenvalue weighted by molar-refractivity contribution is 5.90. The lowest BCUT2D eigenvalue weighted by molar-refractivity contribution is 0.0936. The van der Waals surface area contributed by atoms with Crippen molar-refractivity contribution in [1.82, 2.24) is 24.9 Å². The molecule has 2 aromatic rings. The molecule has 0 fully saturated rings. The van der Waals surface area contributed by atoms with Crippen LogP contribution in [-0.2, 0) is 0 Å². The van der Waals surface area contributed by atoms with Crippen molar-refractivity contribution in [2.45, 2.75) is 33.6 Å². The number of carbonyl (C=O) groups excluding carboxylic acids is 1. The number of hydrogen-bond donors (Lipinski definition) is 1. The van der Waals surface area contributed by atoms with Gasteiger partial charge >= 0.3 is 0 Å². The topological polar surface area (TPSA) is 72.2 Å². The Morgan fingerprint density at radius 1 is 1.42 bits per heavy atom. The van der Waals surface area contributed by atoms with Crippen molar-refractivity contribution in [1.29, 1.82) is 0 Å². The molecule has 1 N–H and O–H groups in total. The van der Waals surface area contributed by atoms with E-state index in [0.29, 0.717) is 18.2 Å². The fourth-order valence-electron chi connectivity index (χ4n) is 1.90. The molecule has 0 radical (unpaired) electrons. The van der Waals surface area contributed by atoms with Gasteiger partial charge in [0.25, 0.3) is 11.7 Å². The van der Waals surface area contributed by atoms with E-state index in [-0.39, 0.29) is 11.7 Å². The van der Waals surface area contributed by atoms with Crippen LogP contribution in [0.5, 0.6) is 0 Å². The van der Waals surface area contributed by atoms with E-state index < -0.39 is 0 Å². The van der Waals surface area contributed by atoms with Crippen LogP contribution in [0.4, 0.5) is 0 Å². The maximum absolute atomic E-state index is 12.0. The molecule has 6 nitrogen and oxygen atoms in total. The molecule has 0 aliphatic heterocycles. The van der Waals surface area contributed by atoms with Gasteiger partial charge in [-0.15, -0.1) is 5.10 Å². The first-order chi connectivity index (χ1) is 9.15. The molecule has 2 heterocycles. The fraction of sp³-hybridized carbons (Fsp3) is 0.538. The third kappa shape index (κ3) is 2.89. The normalized spacial score (nSPS) is 11.2. The summed E-state index contributed by atoms with van der Waals surface area (Å²) in [7, 11) is 0. The Morgan fingerprint density at radius 2 is 2.16 bits per heavy atom. The minimum Gasteiger partial charge on any atom is -0.349 e. The maximum atomic E-state index is 12.0. The average molecular weight is 261 g/mol.